The first-order valence-electron chi connectivity index (χ1n) is 5.86. The monoisotopic (exact) mass is 291 g/mol. The van der Waals surface area contributed by atoms with E-state index < -0.39 is 17.6 Å². The minimum Gasteiger partial charge on any atom is -0.434 e. The van der Waals surface area contributed by atoms with E-state index in [0.717, 1.165) is 0 Å². The average molecular weight is 291 g/mol. The molecular weight excluding hydrogens is 272 g/mol. The highest BCUT2D eigenvalue weighted by molar-refractivity contribution is 7.83. The van der Waals surface area contributed by atoms with Gasteiger partial charge in [0.25, 0.3) is 0 Å². The molecule has 0 heterocycles. The Labute approximate surface area is 114 Å². The molecule has 108 valence electrons. The largest absolute Gasteiger partial charge is 0.434 e. The van der Waals surface area contributed by atoms with Gasteiger partial charge in [0.15, 0.2) is 0 Å². The van der Waals surface area contributed by atoms with Crippen LogP contribution in [0.3, 0.4) is 0 Å². The Morgan fingerprint density at radius 3 is 2.32 bits per heavy atom. The molecule has 0 aromatic heterocycles. The fraction of sp³-hybridized carbons (Fsp3) is 0.538. The molecule has 1 rings (SSSR count). The summed E-state index contributed by atoms with van der Waals surface area (Å²) in [5, 5.41) is 0. The lowest BCUT2D eigenvalue weighted by molar-refractivity contribution is -0.0509. The predicted molar refractivity (Wildman–Crippen MR) is 71.8 cm³/mol. The van der Waals surface area contributed by atoms with Crippen LogP contribution < -0.4 is 9.46 Å². The molecule has 6 heteroatoms. The Morgan fingerprint density at radius 2 is 1.84 bits per heavy atom. The van der Waals surface area contributed by atoms with Gasteiger partial charge in [-0.1, -0.05) is 6.07 Å². The van der Waals surface area contributed by atoms with Crippen LogP contribution in [0.5, 0.6) is 5.75 Å². The van der Waals surface area contributed by atoms with E-state index in [2.05, 4.69) is 9.46 Å². The number of rotatable bonds is 4. The molecule has 1 N–H and O–H groups in total. The molecule has 0 saturated carbocycles. The molecule has 0 aliphatic rings. The summed E-state index contributed by atoms with van der Waals surface area (Å²) < 4.78 is 44.3. The summed E-state index contributed by atoms with van der Waals surface area (Å²) in [6, 6.07) is 3.29. The molecule has 3 nitrogen and oxygen atoms in total. The van der Waals surface area contributed by atoms with E-state index in [1.807, 2.05) is 20.8 Å². The van der Waals surface area contributed by atoms with E-state index in [-0.39, 0.29) is 11.3 Å². The van der Waals surface area contributed by atoms with Crippen molar-refractivity contribution in [2.75, 3.05) is 0 Å². The first kappa shape index (κ1) is 16.0. The molecule has 1 aromatic carbocycles. The second-order valence-corrected chi connectivity index (χ2v) is 6.52. The fourth-order valence-electron chi connectivity index (χ4n) is 1.61. The number of alkyl halides is 2. The van der Waals surface area contributed by atoms with Crippen LogP contribution >= 0.6 is 0 Å². The van der Waals surface area contributed by atoms with Crippen LogP contribution in [0.2, 0.25) is 0 Å². The third kappa shape index (κ3) is 4.54. The fourth-order valence-corrected chi connectivity index (χ4v) is 2.84. The van der Waals surface area contributed by atoms with Gasteiger partial charge in [-0.25, -0.2) is 8.93 Å². The van der Waals surface area contributed by atoms with Crippen molar-refractivity contribution in [3.05, 3.63) is 23.3 Å². The lowest BCUT2D eigenvalue weighted by Crippen LogP contribution is -2.37. The van der Waals surface area contributed by atoms with Gasteiger partial charge in [-0.2, -0.15) is 8.78 Å². The van der Waals surface area contributed by atoms with Gasteiger partial charge in [0.05, 0.1) is 4.90 Å². The van der Waals surface area contributed by atoms with E-state index in [1.165, 1.54) is 0 Å². The quantitative estimate of drug-likeness (QED) is 0.924. The number of hydrogen-bond acceptors (Lipinski definition) is 2. The second kappa shape index (κ2) is 5.96. The number of benzene rings is 1. The number of ether oxygens (including phenoxy) is 1. The van der Waals surface area contributed by atoms with Crippen LogP contribution in [0.4, 0.5) is 8.78 Å². The van der Waals surface area contributed by atoms with Gasteiger partial charge in [0.1, 0.15) is 16.7 Å². The number of hydrogen-bond donors (Lipinski definition) is 1. The zero-order valence-electron chi connectivity index (χ0n) is 11.7. The molecule has 0 radical (unpaired) electrons. The topological polar surface area (TPSA) is 38.3 Å². The molecule has 0 fully saturated rings. The van der Waals surface area contributed by atoms with Crippen LogP contribution in [0.25, 0.3) is 0 Å². The average Bonchev–Trinajstić information content (AvgIpc) is 2.21. The Bertz CT molecular complexity index is 484. The predicted octanol–water partition coefficient (Wildman–Crippen LogP) is 3.32. The molecule has 0 aliphatic heterocycles. The van der Waals surface area contributed by atoms with Crippen molar-refractivity contribution in [2.45, 2.75) is 51.7 Å². The zero-order valence-corrected chi connectivity index (χ0v) is 12.5. The van der Waals surface area contributed by atoms with Gasteiger partial charge in [-0.3, -0.25) is 0 Å². The van der Waals surface area contributed by atoms with Gasteiger partial charge >= 0.3 is 6.61 Å². The highest BCUT2D eigenvalue weighted by Gasteiger charge is 2.20. The highest BCUT2D eigenvalue weighted by Crippen LogP contribution is 2.29. The molecule has 1 unspecified atom stereocenters. The van der Waals surface area contributed by atoms with Crippen molar-refractivity contribution in [3.63, 3.8) is 0 Å². The van der Waals surface area contributed by atoms with Gasteiger partial charge < -0.3 is 4.74 Å². The maximum atomic E-state index is 12.4. The van der Waals surface area contributed by atoms with E-state index in [0.29, 0.717) is 16.0 Å². The lowest BCUT2D eigenvalue weighted by Gasteiger charge is -2.21. The van der Waals surface area contributed by atoms with Crippen LogP contribution in [0.15, 0.2) is 17.0 Å². The number of halogens is 2. The molecule has 0 aliphatic carbocycles. The third-order valence-electron chi connectivity index (χ3n) is 2.36. The van der Waals surface area contributed by atoms with Crippen molar-refractivity contribution in [3.8, 4) is 5.75 Å². The molecule has 0 saturated heterocycles. The summed E-state index contributed by atoms with van der Waals surface area (Å²) in [4.78, 5) is 0.455. The molecule has 0 spiro atoms. The summed E-state index contributed by atoms with van der Waals surface area (Å²) >= 11 is 0. The Morgan fingerprint density at radius 1 is 1.26 bits per heavy atom. The van der Waals surface area contributed by atoms with Crippen molar-refractivity contribution in [2.24, 2.45) is 0 Å². The van der Waals surface area contributed by atoms with Crippen LogP contribution in [-0.2, 0) is 11.0 Å². The first-order chi connectivity index (χ1) is 8.61. The van der Waals surface area contributed by atoms with Gasteiger partial charge in [-0.05, 0) is 46.2 Å². The molecular formula is C13H19F2NO2S. The van der Waals surface area contributed by atoms with Gasteiger partial charge in [0.2, 0.25) is 0 Å². The van der Waals surface area contributed by atoms with Crippen molar-refractivity contribution < 1.29 is 17.7 Å². The van der Waals surface area contributed by atoms with Crippen molar-refractivity contribution in [1.82, 2.24) is 4.72 Å². The summed E-state index contributed by atoms with van der Waals surface area (Å²) in [5.74, 6) is 0.0940. The summed E-state index contributed by atoms with van der Waals surface area (Å²) in [6.07, 6.45) is 0. The molecule has 0 amide bonds. The Balaban J connectivity index is 3.13. The SMILES string of the molecule is Cc1ccc(S(=O)NC(C)(C)C)c(C)c1OC(F)F. The summed E-state index contributed by atoms with van der Waals surface area (Å²) in [5.41, 5.74) is 0.719. The standard InChI is InChI=1S/C13H19F2NO2S/c1-8-6-7-10(19(17)16-13(3,4)5)9(2)11(8)18-12(14)15/h6-7,12,16H,1-5H3. The van der Waals surface area contributed by atoms with Crippen LogP contribution in [0, 0.1) is 13.8 Å². The molecule has 1 aromatic rings. The zero-order chi connectivity index (χ0) is 14.8. The number of aryl methyl sites for hydroxylation is 1. The Hall–Kier alpha value is -1.01. The Kier molecular flexibility index (Phi) is 5.04. The van der Waals surface area contributed by atoms with E-state index in [9.17, 15) is 13.0 Å². The normalized spacial score (nSPS) is 13.7. The summed E-state index contributed by atoms with van der Waals surface area (Å²) in [6.45, 7) is 6.05. The highest BCUT2D eigenvalue weighted by atomic mass is 32.2. The van der Waals surface area contributed by atoms with Crippen LogP contribution in [-0.4, -0.2) is 16.4 Å². The van der Waals surface area contributed by atoms with Crippen molar-refractivity contribution in [1.29, 1.82) is 0 Å². The van der Waals surface area contributed by atoms with E-state index >= 15 is 0 Å². The van der Waals surface area contributed by atoms with Gasteiger partial charge in [-0.15, -0.1) is 0 Å². The third-order valence-corrected chi connectivity index (χ3v) is 4.00. The maximum Gasteiger partial charge on any atom is 0.387 e. The molecule has 1 atom stereocenters. The van der Waals surface area contributed by atoms with Crippen LogP contribution in [0.1, 0.15) is 31.9 Å². The minimum absolute atomic E-state index is 0.0940. The molecule has 19 heavy (non-hydrogen) atoms. The number of nitrogens with one attached hydrogen (secondary N) is 1. The molecule has 0 bridgehead atoms. The summed E-state index contributed by atoms with van der Waals surface area (Å²) in [7, 11) is -1.47. The minimum atomic E-state index is -2.89. The smallest absolute Gasteiger partial charge is 0.387 e. The lowest BCUT2D eigenvalue weighted by atomic mass is 10.1. The second-order valence-electron chi connectivity index (χ2n) is 5.33. The van der Waals surface area contributed by atoms with E-state index in [1.54, 1.807) is 26.0 Å². The maximum absolute atomic E-state index is 12.4. The first-order valence-corrected chi connectivity index (χ1v) is 7.01. The van der Waals surface area contributed by atoms with E-state index in [4.69, 9.17) is 0 Å². The van der Waals surface area contributed by atoms with Crippen molar-refractivity contribution >= 4 is 11.0 Å². The van der Waals surface area contributed by atoms with Gasteiger partial charge in [0, 0.05) is 11.1 Å².